The molecule has 0 bridgehead atoms. The molecule has 0 aliphatic rings. The molecule has 0 amide bonds. The molecule has 180 valence electrons. The minimum Gasteiger partial charge on any atom is -0.463 e. The SMILES string of the molecule is C=C(C)C[C@@H](C/C(=C/OS(=O)(=O)c1ccc(C)cc1)C(=O)OCC)O[Si](C)(C)C(C)(C)C. The van der Waals surface area contributed by atoms with Crippen molar-refractivity contribution in [2.75, 3.05) is 6.61 Å². The molecule has 1 aromatic carbocycles. The molecule has 0 aromatic heterocycles. The molecule has 0 heterocycles. The molecule has 0 aliphatic heterocycles. The number of aryl methyl sites for hydroxylation is 1. The van der Waals surface area contributed by atoms with Gasteiger partial charge in [0.25, 0.3) is 0 Å². The van der Waals surface area contributed by atoms with Crippen molar-refractivity contribution in [2.45, 2.75) is 83.5 Å². The Bertz CT molecular complexity index is 924. The summed E-state index contributed by atoms with van der Waals surface area (Å²) in [6.45, 7) is 20.3. The van der Waals surface area contributed by atoms with E-state index in [0.29, 0.717) is 6.42 Å². The van der Waals surface area contributed by atoms with Gasteiger partial charge in [-0.05, 0) is 57.5 Å². The molecule has 1 atom stereocenters. The average Bonchev–Trinajstić information content (AvgIpc) is 2.63. The normalized spacial score (nSPS) is 14.1. The lowest BCUT2D eigenvalue weighted by Crippen LogP contribution is -2.44. The molecule has 1 aromatic rings. The summed E-state index contributed by atoms with van der Waals surface area (Å²) in [4.78, 5) is 12.6. The highest BCUT2D eigenvalue weighted by Gasteiger charge is 2.39. The summed E-state index contributed by atoms with van der Waals surface area (Å²) in [5, 5.41) is -0.0284. The van der Waals surface area contributed by atoms with E-state index in [-0.39, 0.29) is 34.6 Å². The van der Waals surface area contributed by atoms with Crippen molar-refractivity contribution in [3.63, 3.8) is 0 Å². The van der Waals surface area contributed by atoms with Crippen LogP contribution in [0.1, 0.15) is 53.0 Å². The van der Waals surface area contributed by atoms with Gasteiger partial charge < -0.3 is 13.3 Å². The zero-order valence-corrected chi connectivity index (χ0v) is 22.5. The molecule has 1 rings (SSSR count). The predicted octanol–water partition coefficient (Wildman–Crippen LogP) is 5.89. The monoisotopic (exact) mass is 482 g/mol. The first-order chi connectivity index (χ1) is 14.6. The van der Waals surface area contributed by atoms with Crippen LogP contribution in [-0.2, 0) is 28.3 Å². The zero-order chi connectivity index (χ0) is 24.7. The van der Waals surface area contributed by atoms with Crippen LogP contribution in [0.2, 0.25) is 18.1 Å². The van der Waals surface area contributed by atoms with Gasteiger partial charge in [0, 0.05) is 6.42 Å². The minimum atomic E-state index is -4.07. The molecule has 6 nitrogen and oxygen atoms in total. The first kappa shape index (κ1) is 28.1. The fourth-order valence-electron chi connectivity index (χ4n) is 2.67. The molecule has 32 heavy (non-hydrogen) atoms. The average molecular weight is 483 g/mol. The fraction of sp³-hybridized carbons (Fsp3) is 0.542. The van der Waals surface area contributed by atoms with Crippen LogP contribution in [-0.4, -0.2) is 35.4 Å². The first-order valence-corrected chi connectivity index (χ1v) is 15.1. The smallest absolute Gasteiger partial charge is 0.338 e. The second kappa shape index (κ2) is 11.3. The third-order valence-corrected chi connectivity index (χ3v) is 11.2. The maximum Gasteiger partial charge on any atom is 0.338 e. The fourth-order valence-corrected chi connectivity index (χ4v) is 4.85. The highest BCUT2D eigenvalue weighted by atomic mass is 32.2. The number of esters is 1. The Morgan fingerprint density at radius 3 is 2.19 bits per heavy atom. The molecule has 8 heteroatoms. The van der Waals surface area contributed by atoms with Crippen LogP contribution >= 0.6 is 0 Å². The van der Waals surface area contributed by atoms with Crippen LogP contribution in [0.3, 0.4) is 0 Å². The lowest BCUT2D eigenvalue weighted by molar-refractivity contribution is -0.139. The maximum atomic E-state index is 12.6. The van der Waals surface area contributed by atoms with E-state index in [1.54, 1.807) is 19.1 Å². The number of benzene rings is 1. The second-order valence-corrected chi connectivity index (χ2v) is 15.9. The second-order valence-electron chi connectivity index (χ2n) is 9.59. The Morgan fingerprint density at radius 1 is 1.16 bits per heavy atom. The van der Waals surface area contributed by atoms with Crippen molar-refractivity contribution in [1.29, 1.82) is 0 Å². The summed E-state index contributed by atoms with van der Waals surface area (Å²) >= 11 is 0. The number of hydrogen-bond acceptors (Lipinski definition) is 6. The van der Waals surface area contributed by atoms with E-state index in [1.165, 1.54) is 12.1 Å². The van der Waals surface area contributed by atoms with Crippen LogP contribution in [0.5, 0.6) is 0 Å². The third kappa shape index (κ3) is 8.56. The molecular weight excluding hydrogens is 444 g/mol. The highest BCUT2D eigenvalue weighted by molar-refractivity contribution is 7.86. The lowest BCUT2D eigenvalue weighted by atomic mass is 10.0. The van der Waals surface area contributed by atoms with E-state index in [1.807, 2.05) is 13.8 Å². The summed E-state index contributed by atoms with van der Waals surface area (Å²) in [5.41, 5.74) is 1.94. The van der Waals surface area contributed by atoms with Gasteiger partial charge in [0.05, 0.1) is 18.3 Å². The number of ether oxygens (including phenoxy) is 1. The van der Waals surface area contributed by atoms with Crippen LogP contribution in [0.15, 0.2) is 53.1 Å². The molecule has 0 saturated carbocycles. The maximum absolute atomic E-state index is 12.6. The third-order valence-electron chi connectivity index (χ3n) is 5.46. The zero-order valence-electron chi connectivity index (χ0n) is 20.7. The van der Waals surface area contributed by atoms with Crippen molar-refractivity contribution in [1.82, 2.24) is 0 Å². The molecule has 0 N–H and O–H groups in total. The topological polar surface area (TPSA) is 78.9 Å². The summed E-state index contributed by atoms with van der Waals surface area (Å²) in [5.74, 6) is -0.628. The quantitative estimate of drug-likeness (QED) is 0.0976. The predicted molar refractivity (Wildman–Crippen MR) is 130 cm³/mol. The van der Waals surface area contributed by atoms with Gasteiger partial charge in [0.15, 0.2) is 8.32 Å². The van der Waals surface area contributed by atoms with E-state index < -0.39 is 24.4 Å². The lowest BCUT2D eigenvalue weighted by Gasteiger charge is -2.39. The first-order valence-electron chi connectivity index (χ1n) is 10.8. The van der Waals surface area contributed by atoms with Gasteiger partial charge in [-0.2, -0.15) is 8.42 Å². The van der Waals surface area contributed by atoms with Crippen molar-refractivity contribution < 1.29 is 26.6 Å². The van der Waals surface area contributed by atoms with Crippen molar-refractivity contribution in [3.05, 3.63) is 53.8 Å². The molecule has 0 aliphatic carbocycles. The van der Waals surface area contributed by atoms with E-state index in [0.717, 1.165) is 17.4 Å². The van der Waals surface area contributed by atoms with Crippen LogP contribution in [0, 0.1) is 6.92 Å². The molecule has 0 fully saturated rings. The van der Waals surface area contributed by atoms with Crippen LogP contribution in [0.4, 0.5) is 0 Å². The minimum absolute atomic E-state index is 0.0126. The van der Waals surface area contributed by atoms with E-state index >= 15 is 0 Å². The Kier molecular flexibility index (Phi) is 9.93. The molecular formula is C24H38O6SSi. The van der Waals surface area contributed by atoms with Crippen molar-refractivity contribution >= 4 is 24.4 Å². The molecule has 0 radical (unpaired) electrons. The van der Waals surface area contributed by atoms with E-state index in [2.05, 4.69) is 40.4 Å². The van der Waals surface area contributed by atoms with E-state index in [9.17, 15) is 13.2 Å². The number of carbonyl (C=O) groups is 1. The standard InChI is InChI=1S/C24H38O6SSi/c1-10-28-23(25)20(17-29-31(26,27)22-13-11-19(4)12-14-22)16-21(15-18(2)3)30-32(8,9)24(5,6)7/h11-14,17,21H,2,10,15-16H2,1,3-9H3/b20-17-/t21-/m0/s1. The van der Waals surface area contributed by atoms with E-state index in [4.69, 9.17) is 13.3 Å². The summed E-state index contributed by atoms with van der Waals surface area (Å²) < 4.78 is 42.0. The Balaban J connectivity index is 3.23. The van der Waals surface area contributed by atoms with Gasteiger partial charge in [-0.15, -0.1) is 6.58 Å². The van der Waals surface area contributed by atoms with Gasteiger partial charge in [0.2, 0.25) is 0 Å². The molecule has 0 unspecified atom stereocenters. The van der Waals surface area contributed by atoms with Crippen LogP contribution in [0.25, 0.3) is 0 Å². The van der Waals surface area contributed by atoms with Gasteiger partial charge in [0.1, 0.15) is 11.2 Å². The highest BCUT2D eigenvalue weighted by Crippen LogP contribution is 2.38. The van der Waals surface area contributed by atoms with Gasteiger partial charge >= 0.3 is 16.1 Å². The summed E-state index contributed by atoms with van der Waals surface area (Å²) in [6.07, 6.45) is 1.32. The Hall–Kier alpha value is -1.90. The summed E-state index contributed by atoms with van der Waals surface area (Å²) in [7, 11) is -6.22. The number of rotatable bonds is 11. The number of hydrogen-bond donors (Lipinski definition) is 0. The number of carbonyl (C=O) groups excluding carboxylic acids is 1. The molecule has 0 saturated heterocycles. The van der Waals surface area contributed by atoms with Crippen molar-refractivity contribution in [2.24, 2.45) is 0 Å². The Morgan fingerprint density at radius 2 is 1.72 bits per heavy atom. The Labute approximate surface area is 194 Å². The van der Waals surface area contributed by atoms with Crippen molar-refractivity contribution in [3.8, 4) is 0 Å². The van der Waals surface area contributed by atoms with Gasteiger partial charge in [-0.25, -0.2) is 4.79 Å². The van der Waals surface area contributed by atoms with Gasteiger partial charge in [-0.3, -0.25) is 0 Å². The van der Waals surface area contributed by atoms with Gasteiger partial charge in [-0.1, -0.05) is 44.0 Å². The summed E-state index contributed by atoms with van der Waals surface area (Å²) in [6, 6.07) is 6.30. The van der Waals surface area contributed by atoms with Crippen LogP contribution < -0.4 is 0 Å². The molecule has 0 spiro atoms. The largest absolute Gasteiger partial charge is 0.463 e.